The van der Waals surface area contributed by atoms with Crippen LogP contribution >= 0.6 is 12.4 Å². The average Bonchev–Trinajstić information content (AvgIpc) is 2.39. The van der Waals surface area contributed by atoms with E-state index in [2.05, 4.69) is 28.5 Å². The first-order chi connectivity index (χ1) is 7.93. The third-order valence-electron chi connectivity index (χ3n) is 2.90. The summed E-state index contributed by atoms with van der Waals surface area (Å²) in [7, 11) is 0. The van der Waals surface area contributed by atoms with E-state index < -0.39 is 0 Å². The summed E-state index contributed by atoms with van der Waals surface area (Å²) in [5, 5.41) is 4.60. The quantitative estimate of drug-likeness (QED) is 0.844. The third-order valence-corrected chi connectivity index (χ3v) is 2.90. The van der Waals surface area contributed by atoms with Gasteiger partial charge in [0.25, 0.3) is 0 Å². The molecule has 0 spiro atoms. The summed E-state index contributed by atoms with van der Waals surface area (Å²) in [4.78, 5) is 4.66. The first-order valence-electron chi connectivity index (χ1n) is 5.60. The number of hydrogen-bond donors (Lipinski definition) is 1. The fourth-order valence-electron chi connectivity index (χ4n) is 2.03. The highest BCUT2D eigenvalue weighted by atomic mass is 35.5. The zero-order chi connectivity index (χ0) is 10.8. The van der Waals surface area contributed by atoms with Gasteiger partial charge < -0.3 is 10.1 Å². The molecule has 0 amide bonds. The molecule has 1 aliphatic heterocycles. The van der Waals surface area contributed by atoms with Gasteiger partial charge in [-0.3, -0.25) is 4.98 Å². The Bertz CT molecular complexity index is 497. The fraction of sp³-hybridized carbons (Fsp3) is 0.308. The van der Waals surface area contributed by atoms with Gasteiger partial charge in [0.2, 0.25) is 0 Å². The number of nitrogens with zero attached hydrogens (tertiary/aromatic N) is 1. The number of nitrogens with one attached hydrogen (secondary N) is 1. The van der Waals surface area contributed by atoms with Crippen LogP contribution in [0.1, 0.15) is 11.7 Å². The molecule has 17 heavy (non-hydrogen) atoms. The summed E-state index contributed by atoms with van der Waals surface area (Å²) in [6.45, 7) is 2.41. The molecule has 0 bridgehead atoms. The molecule has 1 N–H and O–H groups in total. The minimum atomic E-state index is 0. The second kappa shape index (κ2) is 5.45. The van der Waals surface area contributed by atoms with Crippen molar-refractivity contribution in [3.63, 3.8) is 0 Å². The Morgan fingerprint density at radius 2 is 2.06 bits per heavy atom. The van der Waals surface area contributed by atoms with Crippen molar-refractivity contribution < 1.29 is 4.74 Å². The number of fused-ring (bicyclic) bond motifs is 1. The molecule has 90 valence electrons. The van der Waals surface area contributed by atoms with E-state index >= 15 is 0 Å². The second-order valence-corrected chi connectivity index (χ2v) is 4.01. The standard InChI is InChI=1S/C13H14N2O.ClH/c1-2-4-11-10(3-1)5-6-12(15-11)13-9-16-8-7-14-13;/h1-6,13-14H,7-9H2;1H/t13-;/m1./s1. The number of rotatable bonds is 1. The Hall–Kier alpha value is -1.16. The Morgan fingerprint density at radius 3 is 2.88 bits per heavy atom. The van der Waals surface area contributed by atoms with Crippen LogP contribution in [0.3, 0.4) is 0 Å². The van der Waals surface area contributed by atoms with E-state index in [0.717, 1.165) is 24.4 Å². The molecule has 1 fully saturated rings. The van der Waals surface area contributed by atoms with Crippen LogP contribution in [0.5, 0.6) is 0 Å². The summed E-state index contributed by atoms with van der Waals surface area (Å²) < 4.78 is 5.45. The van der Waals surface area contributed by atoms with Crippen molar-refractivity contribution in [3.8, 4) is 0 Å². The average molecular weight is 251 g/mol. The lowest BCUT2D eigenvalue weighted by molar-refractivity contribution is 0.0757. The SMILES string of the molecule is Cl.c1ccc2nc([C@H]3COCCN3)ccc2c1. The molecule has 4 heteroatoms. The molecule has 2 aromatic rings. The van der Waals surface area contributed by atoms with Gasteiger partial charge in [0.15, 0.2) is 0 Å². The highest BCUT2D eigenvalue weighted by Gasteiger charge is 2.16. The predicted molar refractivity (Wildman–Crippen MR) is 70.6 cm³/mol. The number of halogens is 1. The third kappa shape index (κ3) is 2.57. The molecule has 0 unspecified atom stereocenters. The monoisotopic (exact) mass is 250 g/mol. The van der Waals surface area contributed by atoms with Gasteiger partial charge in [-0.25, -0.2) is 0 Å². The van der Waals surface area contributed by atoms with Crippen LogP contribution in [0.2, 0.25) is 0 Å². The fourth-order valence-corrected chi connectivity index (χ4v) is 2.03. The summed E-state index contributed by atoms with van der Waals surface area (Å²) >= 11 is 0. The highest BCUT2D eigenvalue weighted by molar-refractivity contribution is 5.85. The summed E-state index contributed by atoms with van der Waals surface area (Å²) in [5.74, 6) is 0. The van der Waals surface area contributed by atoms with Crippen molar-refractivity contribution in [2.45, 2.75) is 6.04 Å². The molecular formula is C13H15ClN2O. The van der Waals surface area contributed by atoms with Gasteiger partial charge in [0.05, 0.1) is 30.5 Å². The molecule has 3 nitrogen and oxygen atoms in total. The molecular weight excluding hydrogens is 236 g/mol. The van der Waals surface area contributed by atoms with Gasteiger partial charge >= 0.3 is 0 Å². The number of benzene rings is 1. The Balaban J connectivity index is 0.00000108. The van der Waals surface area contributed by atoms with Crippen molar-refractivity contribution in [1.29, 1.82) is 0 Å². The second-order valence-electron chi connectivity index (χ2n) is 4.01. The maximum Gasteiger partial charge on any atom is 0.0733 e. The van der Waals surface area contributed by atoms with Crippen molar-refractivity contribution in [3.05, 3.63) is 42.1 Å². The van der Waals surface area contributed by atoms with E-state index in [1.54, 1.807) is 0 Å². The largest absolute Gasteiger partial charge is 0.378 e. The smallest absolute Gasteiger partial charge is 0.0733 e. The summed E-state index contributed by atoms with van der Waals surface area (Å²) in [6, 6.07) is 12.6. The zero-order valence-corrected chi connectivity index (χ0v) is 10.2. The summed E-state index contributed by atoms with van der Waals surface area (Å²) in [6.07, 6.45) is 0. The van der Waals surface area contributed by atoms with Gasteiger partial charge in [-0.1, -0.05) is 24.3 Å². The lowest BCUT2D eigenvalue weighted by atomic mass is 10.1. The van der Waals surface area contributed by atoms with Crippen LogP contribution < -0.4 is 5.32 Å². The molecule has 1 aromatic carbocycles. The van der Waals surface area contributed by atoms with Crippen LogP contribution in [0, 0.1) is 0 Å². The summed E-state index contributed by atoms with van der Waals surface area (Å²) in [5.41, 5.74) is 2.12. The molecule has 0 radical (unpaired) electrons. The Morgan fingerprint density at radius 1 is 1.18 bits per heavy atom. The molecule has 1 aromatic heterocycles. The lowest BCUT2D eigenvalue weighted by Crippen LogP contribution is -2.35. The molecule has 1 saturated heterocycles. The number of hydrogen-bond acceptors (Lipinski definition) is 3. The number of ether oxygens (including phenoxy) is 1. The van der Waals surface area contributed by atoms with Crippen LogP contribution in [0.25, 0.3) is 10.9 Å². The maximum absolute atomic E-state index is 5.45. The van der Waals surface area contributed by atoms with Crippen LogP contribution in [-0.4, -0.2) is 24.7 Å². The normalized spacial score (nSPS) is 19.9. The topological polar surface area (TPSA) is 34.1 Å². The molecule has 1 atom stereocenters. The minimum Gasteiger partial charge on any atom is -0.378 e. The number of aromatic nitrogens is 1. The predicted octanol–water partition coefficient (Wildman–Crippen LogP) is 2.32. The number of morpholine rings is 1. The first kappa shape index (κ1) is 12.3. The highest BCUT2D eigenvalue weighted by Crippen LogP contribution is 2.18. The Labute approximate surface area is 107 Å². The van der Waals surface area contributed by atoms with E-state index in [0.29, 0.717) is 6.61 Å². The van der Waals surface area contributed by atoms with Crippen molar-refractivity contribution >= 4 is 23.3 Å². The molecule has 0 aliphatic carbocycles. The van der Waals surface area contributed by atoms with Crippen LogP contribution in [0.15, 0.2) is 36.4 Å². The van der Waals surface area contributed by atoms with Crippen LogP contribution in [0.4, 0.5) is 0 Å². The van der Waals surface area contributed by atoms with E-state index in [1.165, 1.54) is 5.39 Å². The van der Waals surface area contributed by atoms with Crippen molar-refractivity contribution in [1.82, 2.24) is 10.3 Å². The first-order valence-corrected chi connectivity index (χ1v) is 5.60. The number of para-hydroxylation sites is 1. The molecule has 3 rings (SSSR count). The van der Waals surface area contributed by atoms with E-state index in [9.17, 15) is 0 Å². The van der Waals surface area contributed by atoms with Gasteiger partial charge in [0.1, 0.15) is 0 Å². The van der Waals surface area contributed by atoms with E-state index in [1.807, 2.05) is 18.2 Å². The van der Waals surface area contributed by atoms with Gasteiger partial charge in [0, 0.05) is 11.9 Å². The zero-order valence-electron chi connectivity index (χ0n) is 9.43. The van der Waals surface area contributed by atoms with E-state index in [4.69, 9.17) is 4.74 Å². The van der Waals surface area contributed by atoms with Gasteiger partial charge in [-0.15, -0.1) is 12.4 Å². The van der Waals surface area contributed by atoms with Crippen molar-refractivity contribution in [2.75, 3.05) is 19.8 Å². The molecule has 0 saturated carbocycles. The maximum atomic E-state index is 5.45. The lowest BCUT2D eigenvalue weighted by Gasteiger charge is -2.23. The van der Waals surface area contributed by atoms with Gasteiger partial charge in [-0.2, -0.15) is 0 Å². The molecule has 1 aliphatic rings. The van der Waals surface area contributed by atoms with E-state index in [-0.39, 0.29) is 18.4 Å². The van der Waals surface area contributed by atoms with Crippen molar-refractivity contribution in [2.24, 2.45) is 0 Å². The van der Waals surface area contributed by atoms with Gasteiger partial charge in [-0.05, 0) is 12.1 Å². The molecule has 2 heterocycles. The number of pyridine rings is 1. The Kier molecular flexibility index (Phi) is 3.94. The van der Waals surface area contributed by atoms with Crippen LogP contribution in [-0.2, 0) is 4.74 Å². The minimum absolute atomic E-state index is 0.